The SMILES string of the molecule is CC(=O)c1ccc(NC(=O)[C@H](C)N2CCN(S(=O)(=O)c3cc(C)ccc3C)CC2)cc1. The molecule has 3 rings (SSSR count). The quantitative estimate of drug-likeness (QED) is 0.694. The lowest BCUT2D eigenvalue weighted by atomic mass is 10.1. The van der Waals surface area contributed by atoms with E-state index in [-0.39, 0.29) is 11.7 Å². The molecule has 0 radical (unpaired) electrons. The summed E-state index contributed by atoms with van der Waals surface area (Å²) in [4.78, 5) is 26.4. The van der Waals surface area contributed by atoms with Crippen LogP contribution >= 0.6 is 0 Å². The standard InChI is InChI=1S/C23H29N3O4S/c1-16-5-6-17(2)22(15-16)31(29,30)26-13-11-25(12-14-26)18(3)23(28)24-21-9-7-20(8-10-21)19(4)27/h5-10,15,18H,11-14H2,1-4H3,(H,24,28)/t18-/m0/s1. The van der Waals surface area contributed by atoms with E-state index >= 15 is 0 Å². The number of hydrogen-bond acceptors (Lipinski definition) is 5. The van der Waals surface area contributed by atoms with Crippen molar-refractivity contribution in [2.24, 2.45) is 0 Å². The third kappa shape index (κ3) is 5.20. The van der Waals surface area contributed by atoms with Gasteiger partial charge in [-0.3, -0.25) is 14.5 Å². The highest BCUT2D eigenvalue weighted by Crippen LogP contribution is 2.23. The van der Waals surface area contributed by atoms with Gasteiger partial charge in [0.2, 0.25) is 15.9 Å². The first-order valence-corrected chi connectivity index (χ1v) is 11.8. The van der Waals surface area contributed by atoms with Gasteiger partial charge < -0.3 is 5.32 Å². The molecule has 166 valence electrons. The lowest BCUT2D eigenvalue weighted by molar-refractivity contribution is -0.121. The van der Waals surface area contributed by atoms with Crippen LogP contribution in [0.4, 0.5) is 5.69 Å². The minimum atomic E-state index is -3.57. The summed E-state index contributed by atoms with van der Waals surface area (Å²) in [6, 6.07) is 11.8. The first-order chi connectivity index (χ1) is 14.6. The molecule has 1 aliphatic rings. The van der Waals surface area contributed by atoms with Crippen LogP contribution in [-0.4, -0.2) is 61.5 Å². The van der Waals surface area contributed by atoms with Crippen LogP contribution in [0.1, 0.15) is 35.3 Å². The molecule has 1 fully saturated rings. The Labute approximate surface area is 184 Å². The summed E-state index contributed by atoms with van der Waals surface area (Å²) in [6.45, 7) is 8.61. The second-order valence-corrected chi connectivity index (χ2v) is 9.91. The van der Waals surface area contributed by atoms with Crippen molar-refractivity contribution in [1.29, 1.82) is 0 Å². The van der Waals surface area contributed by atoms with E-state index in [0.717, 1.165) is 11.1 Å². The van der Waals surface area contributed by atoms with Gasteiger partial charge in [0.25, 0.3) is 0 Å². The normalized spacial score (nSPS) is 16.6. The van der Waals surface area contributed by atoms with Gasteiger partial charge in [-0.05, 0) is 69.2 Å². The highest BCUT2D eigenvalue weighted by Gasteiger charge is 2.32. The van der Waals surface area contributed by atoms with Gasteiger partial charge in [0, 0.05) is 37.4 Å². The Morgan fingerprint density at radius 1 is 0.968 bits per heavy atom. The first kappa shape index (κ1) is 23.1. The van der Waals surface area contributed by atoms with Crippen molar-refractivity contribution < 1.29 is 18.0 Å². The van der Waals surface area contributed by atoms with Crippen LogP contribution in [0.25, 0.3) is 0 Å². The summed E-state index contributed by atoms with van der Waals surface area (Å²) in [5.41, 5.74) is 2.85. The Kier molecular flexibility index (Phi) is 6.93. The molecule has 0 spiro atoms. The highest BCUT2D eigenvalue weighted by atomic mass is 32.2. The number of Topliss-reactive ketones (excluding diaryl/α,β-unsaturated/α-hetero) is 1. The van der Waals surface area contributed by atoms with Crippen LogP contribution in [0.15, 0.2) is 47.4 Å². The summed E-state index contributed by atoms with van der Waals surface area (Å²) in [6.07, 6.45) is 0. The van der Waals surface area contributed by atoms with Gasteiger partial charge in [-0.2, -0.15) is 4.31 Å². The fourth-order valence-electron chi connectivity index (χ4n) is 3.66. The number of aryl methyl sites for hydroxylation is 2. The van der Waals surface area contributed by atoms with Crippen molar-refractivity contribution in [1.82, 2.24) is 9.21 Å². The van der Waals surface area contributed by atoms with Gasteiger partial charge in [0.1, 0.15) is 0 Å². The van der Waals surface area contributed by atoms with Gasteiger partial charge in [-0.1, -0.05) is 12.1 Å². The maximum absolute atomic E-state index is 13.1. The van der Waals surface area contributed by atoms with Crippen molar-refractivity contribution in [2.45, 2.75) is 38.6 Å². The smallest absolute Gasteiger partial charge is 0.243 e. The van der Waals surface area contributed by atoms with Crippen molar-refractivity contribution in [3.8, 4) is 0 Å². The number of ketones is 1. The van der Waals surface area contributed by atoms with Crippen LogP contribution in [0.5, 0.6) is 0 Å². The Morgan fingerprint density at radius 2 is 1.58 bits per heavy atom. The molecule has 0 aliphatic carbocycles. The van der Waals surface area contributed by atoms with Crippen molar-refractivity contribution in [2.75, 3.05) is 31.5 Å². The summed E-state index contributed by atoms with van der Waals surface area (Å²) in [5.74, 6) is -0.193. The summed E-state index contributed by atoms with van der Waals surface area (Å²) in [7, 11) is -3.57. The predicted molar refractivity (Wildman–Crippen MR) is 121 cm³/mol. The molecule has 1 atom stereocenters. The molecular weight excluding hydrogens is 414 g/mol. The molecule has 1 heterocycles. The number of amides is 1. The van der Waals surface area contributed by atoms with E-state index in [4.69, 9.17) is 0 Å². The largest absolute Gasteiger partial charge is 0.325 e. The Morgan fingerprint density at radius 3 is 2.16 bits per heavy atom. The zero-order valence-electron chi connectivity index (χ0n) is 18.4. The lowest BCUT2D eigenvalue weighted by Crippen LogP contribution is -2.54. The maximum Gasteiger partial charge on any atom is 0.243 e. The fraction of sp³-hybridized carbons (Fsp3) is 0.391. The topological polar surface area (TPSA) is 86.8 Å². The lowest BCUT2D eigenvalue weighted by Gasteiger charge is -2.37. The number of carbonyl (C=O) groups is 2. The Balaban J connectivity index is 1.61. The van der Waals surface area contributed by atoms with Crippen LogP contribution in [-0.2, 0) is 14.8 Å². The molecule has 2 aromatic rings. The van der Waals surface area contributed by atoms with E-state index < -0.39 is 16.1 Å². The summed E-state index contributed by atoms with van der Waals surface area (Å²) in [5, 5.41) is 2.86. The van der Waals surface area contributed by atoms with Gasteiger partial charge in [-0.15, -0.1) is 0 Å². The average molecular weight is 444 g/mol. The molecule has 1 saturated heterocycles. The summed E-state index contributed by atoms with van der Waals surface area (Å²) < 4.78 is 27.7. The molecule has 1 N–H and O–H groups in total. The molecule has 0 aromatic heterocycles. The van der Waals surface area contributed by atoms with Crippen LogP contribution < -0.4 is 5.32 Å². The molecule has 8 heteroatoms. The average Bonchev–Trinajstić information content (AvgIpc) is 2.75. The molecule has 31 heavy (non-hydrogen) atoms. The minimum absolute atomic E-state index is 0.0278. The van der Waals surface area contributed by atoms with Gasteiger partial charge in [0.05, 0.1) is 10.9 Å². The van der Waals surface area contributed by atoms with E-state index in [0.29, 0.717) is 42.3 Å². The highest BCUT2D eigenvalue weighted by molar-refractivity contribution is 7.89. The van der Waals surface area contributed by atoms with Crippen LogP contribution in [0.3, 0.4) is 0 Å². The zero-order chi connectivity index (χ0) is 22.8. The molecule has 7 nitrogen and oxygen atoms in total. The van der Waals surface area contributed by atoms with E-state index in [1.54, 1.807) is 37.3 Å². The van der Waals surface area contributed by atoms with E-state index in [1.807, 2.05) is 30.9 Å². The minimum Gasteiger partial charge on any atom is -0.325 e. The molecule has 0 bridgehead atoms. The number of nitrogens with one attached hydrogen (secondary N) is 1. The van der Waals surface area contributed by atoms with Crippen LogP contribution in [0.2, 0.25) is 0 Å². The zero-order valence-corrected chi connectivity index (χ0v) is 19.2. The fourth-order valence-corrected chi connectivity index (χ4v) is 5.39. The van der Waals surface area contributed by atoms with Gasteiger partial charge >= 0.3 is 0 Å². The molecule has 1 amide bonds. The number of hydrogen-bond donors (Lipinski definition) is 1. The number of benzene rings is 2. The Bertz CT molecular complexity index is 1070. The van der Waals surface area contributed by atoms with Gasteiger partial charge in [0.15, 0.2) is 5.78 Å². The number of rotatable bonds is 6. The number of nitrogens with zero attached hydrogens (tertiary/aromatic N) is 2. The second kappa shape index (κ2) is 9.30. The van der Waals surface area contributed by atoms with Gasteiger partial charge in [-0.25, -0.2) is 8.42 Å². The van der Waals surface area contributed by atoms with Crippen molar-refractivity contribution in [3.63, 3.8) is 0 Å². The van der Waals surface area contributed by atoms with E-state index in [1.165, 1.54) is 11.2 Å². The number of sulfonamides is 1. The third-order valence-corrected chi connectivity index (χ3v) is 7.76. The maximum atomic E-state index is 13.1. The number of piperazine rings is 1. The third-order valence-electron chi connectivity index (χ3n) is 5.72. The molecule has 2 aromatic carbocycles. The molecule has 0 saturated carbocycles. The first-order valence-electron chi connectivity index (χ1n) is 10.3. The van der Waals surface area contributed by atoms with Crippen molar-refractivity contribution >= 4 is 27.4 Å². The number of carbonyl (C=O) groups excluding carboxylic acids is 2. The van der Waals surface area contributed by atoms with E-state index in [2.05, 4.69) is 5.32 Å². The van der Waals surface area contributed by atoms with Crippen LogP contribution in [0, 0.1) is 13.8 Å². The van der Waals surface area contributed by atoms with Crippen molar-refractivity contribution in [3.05, 3.63) is 59.2 Å². The Hall–Kier alpha value is -2.55. The summed E-state index contributed by atoms with van der Waals surface area (Å²) >= 11 is 0. The number of anilines is 1. The monoisotopic (exact) mass is 443 g/mol. The molecule has 0 unspecified atom stereocenters. The molecule has 1 aliphatic heterocycles. The molecular formula is C23H29N3O4S. The second-order valence-electron chi connectivity index (χ2n) is 8.01. The van der Waals surface area contributed by atoms with E-state index in [9.17, 15) is 18.0 Å². The predicted octanol–water partition coefficient (Wildman–Crippen LogP) is 2.84.